The van der Waals surface area contributed by atoms with E-state index in [0.717, 1.165) is 51.8 Å². The highest BCUT2D eigenvalue weighted by atomic mass is 16.5. The summed E-state index contributed by atoms with van der Waals surface area (Å²) in [4.78, 5) is 2.39. The summed E-state index contributed by atoms with van der Waals surface area (Å²) in [6.45, 7) is 8.82. The van der Waals surface area contributed by atoms with Crippen LogP contribution in [0, 0.1) is 5.92 Å². The third-order valence-corrected chi connectivity index (χ3v) is 5.20. The van der Waals surface area contributed by atoms with Crippen LogP contribution in [0.2, 0.25) is 0 Å². The van der Waals surface area contributed by atoms with Gasteiger partial charge in [-0.1, -0.05) is 12.1 Å². The van der Waals surface area contributed by atoms with Crippen molar-refractivity contribution in [3.05, 3.63) is 42.1 Å². The van der Waals surface area contributed by atoms with Gasteiger partial charge in [0.1, 0.15) is 5.82 Å². The van der Waals surface area contributed by atoms with E-state index in [4.69, 9.17) is 4.74 Å². The number of hydrogen-bond acceptors (Lipinski definition) is 5. The first-order valence-corrected chi connectivity index (χ1v) is 9.21. The molecule has 0 unspecified atom stereocenters. The van der Waals surface area contributed by atoms with E-state index in [1.54, 1.807) is 0 Å². The van der Waals surface area contributed by atoms with Gasteiger partial charge in [-0.3, -0.25) is 0 Å². The molecule has 4 rings (SSSR count). The molecule has 134 valence electrons. The third-order valence-electron chi connectivity index (χ3n) is 5.20. The lowest BCUT2D eigenvalue weighted by Gasteiger charge is -2.29. The fourth-order valence-corrected chi connectivity index (χ4v) is 3.58. The predicted molar refractivity (Wildman–Crippen MR) is 100 cm³/mol. The quantitative estimate of drug-likeness (QED) is 0.872. The topological polar surface area (TPSA) is 54.4 Å². The van der Waals surface area contributed by atoms with E-state index in [-0.39, 0.29) is 0 Å². The van der Waals surface area contributed by atoms with Crippen LogP contribution in [0.3, 0.4) is 0 Å². The Kier molecular flexibility index (Phi) is 4.90. The Bertz CT molecular complexity index is 677. The number of morpholine rings is 1. The number of ether oxygens (including phenoxy) is 1. The first-order chi connectivity index (χ1) is 12.3. The van der Waals surface area contributed by atoms with E-state index in [9.17, 15) is 0 Å². The van der Waals surface area contributed by atoms with Crippen molar-refractivity contribution in [2.24, 2.45) is 5.92 Å². The van der Waals surface area contributed by atoms with Crippen molar-refractivity contribution < 1.29 is 4.74 Å². The van der Waals surface area contributed by atoms with E-state index >= 15 is 0 Å². The molecule has 1 saturated heterocycles. The second kappa shape index (κ2) is 7.45. The van der Waals surface area contributed by atoms with Crippen LogP contribution in [0.1, 0.15) is 18.5 Å². The van der Waals surface area contributed by atoms with Crippen LogP contribution in [-0.4, -0.2) is 49.2 Å². The average molecular weight is 341 g/mol. The summed E-state index contributed by atoms with van der Waals surface area (Å²) in [5.74, 6) is 1.69. The van der Waals surface area contributed by atoms with E-state index < -0.39 is 0 Å². The maximum absolute atomic E-state index is 5.43. The SMILES string of the molecule is C[C@@H](NC[C@@H]1CNc2ccnn2C1)c1ccc(N2CCOCC2)cc1. The Labute approximate surface area is 149 Å². The van der Waals surface area contributed by atoms with Gasteiger partial charge >= 0.3 is 0 Å². The minimum atomic E-state index is 0.345. The molecular formula is C19H27N5O. The first kappa shape index (κ1) is 16.4. The van der Waals surface area contributed by atoms with Gasteiger partial charge in [0.15, 0.2) is 0 Å². The molecule has 2 aromatic rings. The van der Waals surface area contributed by atoms with Crippen molar-refractivity contribution in [2.75, 3.05) is 49.6 Å². The molecule has 0 bridgehead atoms. The number of rotatable bonds is 5. The second-order valence-corrected chi connectivity index (χ2v) is 6.97. The van der Waals surface area contributed by atoms with Crippen molar-refractivity contribution in [1.82, 2.24) is 15.1 Å². The van der Waals surface area contributed by atoms with Gasteiger partial charge in [0.2, 0.25) is 0 Å². The Morgan fingerprint density at radius 3 is 2.84 bits per heavy atom. The molecule has 1 fully saturated rings. The van der Waals surface area contributed by atoms with Gasteiger partial charge in [0.25, 0.3) is 0 Å². The van der Waals surface area contributed by atoms with Gasteiger partial charge in [0.05, 0.1) is 19.4 Å². The zero-order valence-electron chi connectivity index (χ0n) is 14.8. The molecule has 0 amide bonds. The van der Waals surface area contributed by atoms with Crippen molar-refractivity contribution in [1.29, 1.82) is 0 Å². The van der Waals surface area contributed by atoms with Crippen molar-refractivity contribution >= 4 is 11.5 Å². The highest BCUT2D eigenvalue weighted by Crippen LogP contribution is 2.21. The zero-order chi connectivity index (χ0) is 17.1. The molecule has 2 aliphatic heterocycles. The Morgan fingerprint density at radius 1 is 1.24 bits per heavy atom. The standard InChI is InChI=1S/C19H27N5O/c1-15(20-12-16-13-21-19-6-7-22-24(19)14-16)17-2-4-18(5-3-17)23-8-10-25-11-9-23/h2-7,15-16,20-21H,8-14H2,1H3/t15-,16-/m1/s1. The molecule has 0 aliphatic carbocycles. The molecule has 6 nitrogen and oxygen atoms in total. The molecule has 0 radical (unpaired) electrons. The van der Waals surface area contributed by atoms with Crippen molar-refractivity contribution in [3.8, 4) is 0 Å². The van der Waals surface area contributed by atoms with Gasteiger partial charge in [-0.2, -0.15) is 5.10 Å². The summed E-state index contributed by atoms with van der Waals surface area (Å²) in [5.41, 5.74) is 2.63. The summed E-state index contributed by atoms with van der Waals surface area (Å²) in [6, 6.07) is 11.3. The molecule has 3 heterocycles. The van der Waals surface area contributed by atoms with Gasteiger partial charge in [-0.05, 0) is 24.6 Å². The minimum absolute atomic E-state index is 0.345. The monoisotopic (exact) mass is 341 g/mol. The van der Waals surface area contributed by atoms with E-state index in [2.05, 4.69) is 56.5 Å². The lowest BCUT2D eigenvalue weighted by molar-refractivity contribution is 0.122. The highest BCUT2D eigenvalue weighted by molar-refractivity contribution is 5.48. The van der Waals surface area contributed by atoms with Crippen LogP contribution in [0.4, 0.5) is 11.5 Å². The summed E-state index contributed by atoms with van der Waals surface area (Å²) in [5, 5.41) is 11.5. The van der Waals surface area contributed by atoms with E-state index in [1.807, 2.05) is 12.3 Å². The van der Waals surface area contributed by atoms with Gasteiger partial charge in [-0.25, -0.2) is 4.68 Å². The minimum Gasteiger partial charge on any atom is -0.378 e. The number of benzene rings is 1. The summed E-state index contributed by atoms with van der Waals surface area (Å²) >= 11 is 0. The van der Waals surface area contributed by atoms with Gasteiger partial charge in [0, 0.05) is 56.4 Å². The number of anilines is 2. The van der Waals surface area contributed by atoms with Crippen LogP contribution in [0.5, 0.6) is 0 Å². The van der Waals surface area contributed by atoms with Crippen LogP contribution < -0.4 is 15.5 Å². The van der Waals surface area contributed by atoms with Crippen molar-refractivity contribution in [3.63, 3.8) is 0 Å². The molecule has 0 spiro atoms. The van der Waals surface area contributed by atoms with Crippen LogP contribution in [0.25, 0.3) is 0 Å². The lowest BCUT2D eigenvalue weighted by atomic mass is 10.0. The number of fused-ring (bicyclic) bond motifs is 1. The maximum atomic E-state index is 5.43. The number of nitrogens with zero attached hydrogens (tertiary/aromatic N) is 3. The highest BCUT2D eigenvalue weighted by Gasteiger charge is 2.19. The second-order valence-electron chi connectivity index (χ2n) is 6.97. The normalized spacial score (nSPS) is 21.5. The fourth-order valence-electron chi connectivity index (χ4n) is 3.58. The fraction of sp³-hybridized carbons (Fsp3) is 0.526. The zero-order valence-corrected chi connectivity index (χ0v) is 14.8. The molecule has 1 aromatic carbocycles. The van der Waals surface area contributed by atoms with Gasteiger partial charge < -0.3 is 20.3 Å². The molecule has 2 aliphatic rings. The molecule has 6 heteroatoms. The van der Waals surface area contributed by atoms with E-state index in [0.29, 0.717) is 12.0 Å². The van der Waals surface area contributed by atoms with Crippen LogP contribution in [-0.2, 0) is 11.3 Å². The van der Waals surface area contributed by atoms with E-state index in [1.165, 1.54) is 11.3 Å². The lowest BCUT2D eigenvalue weighted by Crippen LogP contribution is -2.36. The Hall–Kier alpha value is -2.05. The third kappa shape index (κ3) is 3.80. The molecule has 1 aromatic heterocycles. The molecule has 2 atom stereocenters. The summed E-state index contributed by atoms with van der Waals surface area (Å²) < 4.78 is 7.48. The maximum Gasteiger partial charge on any atom is 0.124 e. The number of aromatic nitrogens is 2. The van der Waals surface area contributed by atoms with Crippen LogP contribution >= 0.6 is 0 Å². The summed E-state index contributed by atoms with van der Waals surface area (Å²) in [7, 11) is 0. The van der Waals surface area contributed by atoms with Crippen LogP contribution in [0.15, 0.2) is 36.5 Å². The first-order valence-electron chi connectivity index (χ1n) is 9.21. The molecule has 0 saturated carbocycles. The largest absolute Gasteiger partial charge is 0.378 e. The predicted octanol–water partition coefficient (Wildman–Crippen LogP) is 2.11. The summed E-state index contributed by atoms with van der Waals surface area (Å²) in [6.07, 6.45) is 1.86. The molecule has 25 heavy (non-hydrogen) atoms. The van der Waals surface area contributed by atoms with Crippen molar-refractivity contribution in [2.45, 2.75) is 19.5 Å². The smallest absolute Gasteiger partial charge is 0.124 e. The molecule has 2 N–H and O–H groups in total. The Balaban J connectivity index is 1.30. The Morgan fingerprint density at radius 2 is 2.04 bits per heavy atom. The molecular weight excluding hydrogens is 314 g/mol. The number of nitrogens with one attached hydrogen (secondary N) is 2. The average Bonchev–Trinajstić information content (AvgIpc) is 3.15. The van der Waals surface area contributed by atoms with Gasteiger partial charge in [-0.15, -0.1) is 0 Å². The number of hydrogen-bond donors (Lipinski definition) is 2.